The molecule has 1 aromatic carbocycles. The summed E-state index contributed by atoms with van der Waals surface area (Å²) in [5, 5.41) is 10.6. The first-order chi connectivity index (χ1) is 8.40. The Morgan fingerprint density at radius 1 is 1.28 bits per heavy atom. The van der Waals surface area contributed by atoms with E-state index in [9.17, 15) is 9.50 Å². The van der Waals surface area contributed by atoms with E-state index in [0.29, 0.717) is 26.6 Å². The Morgan fingerprint density at radius 2 is 1.94 bits per heavy atom. The summed E-state index contributed by atoms with van der Waals surface area (Å²) in [4.78, 5) is 0. The van der Waals surface area contributed by atoms with E-state index in [1.54, 1.807) is 19.9 Å². The van der Waals surface area contributed by atoms with Crippen molar-refractivity contribution in [1.29, 1.82) is 0 Å². The average molecular weight is 334 g/mol. The van der Waals surface area contributed by atoms with Gasteiger partial charge in [-0.05, 0) is 48.0 Å². The first-order valence-corrected chi connectivity index (χ1v) is 6.46. The molecule has 0 fully saturated rings. The van der Waals surface area contributed by atoms with E-state index in [0.717, 1.165) is 0 Å². The van der Waals surface area contributed by atoms with Crippen molar-refractivity contribution >= 4 is 27.5 Å². The second-order valence-corrected chi connectivity index (χ2v) is 5.32. The quantitative estimate of drug-likeness (QED) is 0.819. The number of aliphatic hydroxyl groups is 1. The molecule has 0 aliphatic carbocycles. The smallest absolute Gasteiger partial charge is 0.130 e. The van der Waals surface area contributed by atoms with Crippen LogP contribution in [-0.2, 0) is 0 Å². The first kappa shape index (κ1) is 13.6. The van der Waals surface area contributed by atoms with Gasteiger partial charge in [-0.1, -0.05) is 11.6 Å². The highest BCUT2D eigenvalue weighted by Crippen LogP contribution is 2.33. The maximum atomic E-state index is 13.8. The van der Waals surface area contributed by atoms with Crippen molar-refractivity contribution in [2.45, 2.75) is 20.0 Å². The third kappa shape index (κ3) is 2.46. The number of furan rings is 1. The lowest BCUT2D eigenvalue weighted by Crippen LogP contribution is -2.03. The van der Waals surface area contributed by atoms with Gasteiger partial charge in [0, 0.05) is 15.6 Å². The molecule has 0 radical (unpaired) electrons. The molecule has 0 spiro atoms. The average Bonchev–Trinajstić information content (AvgIpc) is 2.62. The molecule has 18 heavy (non-hydrogen) atoms. The van der Waals surface area contributed by atoms with Gasteiger partial charge in [0.1, 0.15) is 23.4 Å². The van der Waals surface area contributed by atoms with E-state index in [1.807, 2.05) is 0 Å². The number of hydrogen-bond donors (Lipinski definition) is 1. The predicted octanol–water partition coefficient (Wildman–Crippen LogP) is 4.53. The van der Waals surface area contributed by atoms with E-state index >= 15 is 0 Å². The van der Waals surface area contributed by atoms with Gasteiger partial charge >= 0.3 is 0 Å². The molecule has 0 aliphatic heterocycles. The zero-order valence-corrected chi connectivity index (χ0v) is 12.1. The van der Waals surface area contributed by atoms with Gasteiger partial charge in [0.15, 0.2) is 0 Å². The largest absolute Gasteiger partial charge is 0.466 e. The number of aliphatic hydroxyl groups excluding tert-OH is 1. The Labute approximate surface area is 118 Å². The van der Waals surface area contributed by atoms with Crippen molar-refractivity contribution in [2.75, 3.05) is 0 Å². The molecule has 5 heteroatoms. The zero-order valence-electron chi connectivity index (χ0n) is 9.80. The molecule has 96 valence electrons. The fourth-order valence-electron chi connectivity index (χ4n) is 1.84. The van der Waals surface area contributed by atoms with Crippen LogP contribution in [-0.4, -0.2) is 5.11 Å². The Hall–Kier alpha value is -0.840. The molecule has 0 bridgehead atoms. The van der Waals surface area contributed by atoms with E-state index in [4.69, 9.17) is 16.0 Å². The Balaban J connectivity index is 2.49. The van der Waals surface area contributed by atoms with Gasteiger partial charge in [0.25, 0.3) is 0 Å². The first-order valence-electron chi connectivity index (χ1n) is 5.29. The summed E-state index contributed by atoms with van der Waals surface area (Å²) in [5.74, 6) is 0.723. The highest BCUT2D eigenvalue weighted by atomic mass is 79.9. The summed E-state index contributed by atoms with van der Waals surface area (Å²) >= 11 is 9.05. The van der Waals surface area contributed by atoms with E-state index < -0.39 is 11.9 Å². The number of rotatable bonds is 2. The van der Waals surface area contributed by atoms with Gasteiger partial charge in [0.05, 0.1) is 5.02 Å². The molecule has 2 aromatic rings. The normalized spacial score (nSPS) is 12.8. The van der Waals surface area contributed by atoms with Crippen molar-refractivity contribution in [3.8, 4) is 0 Å². The summed E-state index contributed by atoms with van der Waals surface area (Å²) in [7, 11) is 0. The van der Waals surface area contributed by atoms with E-state index in [-0.39, 0.29) is 5.56 Å². The van der Waals surface area contributed by atoms with Crippen LogP contribution in [0.1, 0.15) is 28.8 Å². The topological polar surface area (TPSA) is 33.4 Å². The maximum Gasteiger partial charge on any atom is 0.130 e. The lowest BCUT2D eigenvalue weighted by molar-refractivity contribution is 0.212. The van der Waals surface area contributed by atoms with E-state index in [2.05, 4.69) is 15.9 Å². The van der Waals surface area contributed by atoms with Crippen molar-refractivity contribution in [3.05, 3.63) is 56.2 Å². The molecule has 2 rings (SSSR count). The molecule has 0 saturated carbocycles. The number of hydrogen-bond acceptors (Lipinski definition) is 2. The third-order valence-electron chi connectivity index (χ3n) is 2.71. The molecule has 1 atom stereocenters. The van der Waals surface area contributed by atoms with Gasteiger partial charge in [-0.3, -0.25) is 0 Å². The van der Waals surface area contributed by atoms with Crippen molar-refractivity contribution in [3.63, 3.8) is 0 Å². The van der Waals surface area contributed by atoms with Crippen LogP contribution in [0, 0.1) is 19.7 Å². The van der Waals surface area contributed by atoms with Gasteiger partial charge in [0.2, 0.25) is 0 Å². The molecule has 1 aromatic heterocycles. The number of aryl methyl sites for hydroxylation is 2. The molecule has 0 amide bonds. The number of halogens is 3. The van der Waals surface area contributed by atoms with Crippen LogP contribution >= 0.6 is 27.5 Å². The second-order valence-electron chi connectivity index (χ2n) is 4.06. The minimum Gasteiger partial charge on any atom is -0.466 e. The van der Waals surface area contributed by atoms with Crippen LogP contribution < -0.4 is 0 Å². The number of benzene rings is 1. The van der Waals surface area contributed by atoms with Gasteiger partial charge in [-0.2, -0.15) is 0 Å². The minimum atomic E-state index is -1.09. The van der Waals surface area contributed by atoms with Crippen molar-refractivity contribution in [2.24, 2.45) is 0 Å². The molecular weight excluding hydrogens is 322 g/mol. The molecule has 1 unspecified atom stereocenters. The van der Waals surface area contributed by atoms with Crippen LogP contribution in [0.3, 0.4) is 0 Å². The Kier molecular flexibility index (Phi) is 3.80. The molecule has 0 aliphatic rings. The van der Waals surface area contributed by atoms with Crippen LogP contribution in [0.25, 0.3) is 0 Å². The molecule has 1 N–H and O–H groups in total. The van der Waals surface area contributed by atoms with Crippen LogP contribution in [0.5, 0.6) is 0 Å². The van der Waals surface area contributed by atoms with Gasteiger partial charge < -0.3 is 9.52 Å². The summed E-state index contributed by atoms with van der Waals surface area (Å²) in [5.41, 5.74) is 0.678. The SMILES string of the molecule is Cc1cc(C(O)c2cc(Cl)c(Br)cc2F)c(C)o1. The van der Waals surface area contributed by atoms with Crippen LogP contribution in [0.2, 0.25) is 5.02 Å². The summed E-state index contributed by atoms with van der Waals surface area (Å²) in [6.45, 7) is 3.50. The highest BCUT2D eigenvalue weighted by molar-refractivity contribution is 9.10. The molecular formula is C13H11BrClFO2. The maximum absolute atomic E-state index is 13.8. The molecule has 1 heterocycles. The van der Waals surface area contributed by atoms with Crippen LogP contribution in [0.15, 0.2) is 27.1 Å². The zero-order chi connectivity index (χ0) is 13.4. The molecule has 0 saturated heterocycles. The predicted molar refractivity (Wildman–Crippen MR) is 71.4 cm³/mol. The van der Waals surface area contributed by atoms with Crippen molar-refractivity contribution in [1.82, 2.24) is 0 Å². The molecule has 2 nitrogen and oxygen atoms in total. The third-order valence-corrected chi connectivity index (χ3v) is 3.91. The van der Waals surface area contributed by atoms with E-state index in [1.165, 1.54) is 12.1 Å². The fourth-order valence-corrected chi connectivity index (χ4v) is 2.32. The van der Waals surface area contributed by atoms with Crippen LogP contribution in [0.4, 0.5) is 4.39 Å². The second kappa shape index (κ2) is 5.03. The van der Waals surface area contributed by atoms with Crippen molar-refractivity contribution < 1.29 is 13.9 Å². The fraction of sp³-hybridized carbons (Fsp3) is 0.231. The Morgan fingerprint density at radius 3 is 2.50 bits per heavy atom. The summed E-state index contributed by atoms with van der Waals surface area (Å²) in [6.07, 6.45) is -1.09. The monoisotopic (exact) mass is 332 g/mol. The minimum absolute atomic E-state index is 0.132. The summed E-state index contributed by atoms with van der Waals surface area (Å²) in [6, 6.07) is 4.34. The lowest BCUT2D eigenvalue weighted by Gasteiger charge is -2.12. The van der Waals surface area contributed by atoms with Gasteiger partial charge in [-0.15, -0.1) is 0 Å². The Bertz CT molecular complexity index is 595. The highest BCUT2D eigenvalue weighted by Gasteiger charge is 2.21. The lowest BCUT2D eigenvalue weighted by atomic mass is 10.0. The van der Waals surface area contributed by atoms with Gasteiger partial charge in [-0.25, -0.2) is 4.39 Å². The standard InChI is InChI=1S/C13H11BrClFO2/c1-6-3-8(7(2)18-6)13(17)9-4-11(15)10(14)5-12(9)16/h3-5,13,17H,1-2H3. The summed E-state index contributed by atoms with van der Waals surface area (Å²) < 4.78 is 19.6.